The molecule has 25 heavy (non-hydrogen) atoms. The third-order valence-corrected chi connectivity index (χ3v) is 5.26. The number of nitrogens with zero attached hydrogens (tertiary/aromatic N) is 3. The van der Waals surface area contributed by atoms with Crippen LogP contribution in [0.15, 0.2) is 59.0 Å². The van der Waals surface area contributed by atoms with Gasteiger partial charge in [0.15, 0.2) is 0 Å². The molecule has 0 atom stereocenters. The van der Waals surface area contributed by atoms with Crippen molar-refractivity contribution in [3.05, 3.63) is 70.1 Å². The van der Waals surface area contributed by atoms with Crippen LogP contribution in [-0.4, -0.2) is 22.0 Å². The van der Waals surface area contributed by atoms with Crippen LogP contribution in [0.5, 0.6) is 0 Å². The van der Waals surface area contributed by atoms with Gasteiger partial charge < -0.3 is 4.90 Å². The van der Waals surface area contributed by atoms with Crippen molar-refractivity contribution < 1.29 is 4.79 Å². The van der Waals surface area contributed by atoms with Gasteiger partial charge in [-0.15, -0.1) is 11.3 Å². The molecule has 3 heterocycles. The molecule has 0 bridgehead atoms. The first-order valence-electron chi connectivity index (χ1n) is 8.21. The Labute approximate surface area is 149 Å². The number of thiophene rings is 1. The summed E-state index contributed by atoms with van der Waals surface area (Å²) in [6.07, 6.45) is 3.38. The minimum Gasteiger partial charge on any atom is -0.311 e. The SMILES string of the molecule is O=C(Cn1cnc(-c2cccs2)cc1=O)N1CCCc2ccccc21. The first-order valence-corrected chi connectivity index (χ1v) is 9.09. The van der Waals surface area contributed by atoms with Gasteiger partial charge in [0.1, 0.15) is 6.54 Å². The third kappa shape index (κ3) is 3.13. The molecular weight excluding hydrogens is 334 g/mol. The number of amides is 1. The molecule has 3 aromatic rings. The Morgan fingerprint density at radius 3 is 2.88 bits per heavy atom. The summed E-state index contributed by atoms with van der Waals surface area (Å²) in [7, 11) is 0. The highest BCUT2D eigenvalue weighted by atomic mass is 32.1. The normalized spacial score (nSPS) is 13.5. The minimum atomic E-state index is -0.211. The second-order valence-electron chi connectivity index (χ2n) is 6.00. The van der Waals surface area contributed by atoms with Gasteiger partial charge in [-0.2, -0.15) is 0 Å². The number of aromatic nitrogens is 2. The van der Waals surface area contributed by atoms with Crippen LogP contribution >= 0.6 is 11.3 Å². The molecule has 2 aromatic heterocycles. The molecule has 0 radical (unpaired) electrons. The van der Waals surface area contributed by atoms with E-state index >= 15 is 0 Å². The lowest BCUT2D eigenvalue weighted by atomic mass is 10.0. The van der Waals surface area contributed by atoms with Gasteiger partial charge in [-0.1, -0.05) is 24.3 Å². The fraction of sp³-hybridized carbons (Fsp3) is 0.211. The molecule has 0 saturated heterocycles. The molecular formula is C19H17N3O2S. The van der Waals surface area contributed by atoms with Gasteiger partial charge in [0.2, 0.25) is 5.91 Å². The molecule has 4 rings (SSSR count). The number of hydrogen-bond donors (Lipinski definition) is 0. The Morgan fingerprint density at radius 2 is 2.08 bits per heavy atom. The molecule has 1 aliphatic heterocycles. The highest BCUT2D eigenvalue weighted by molar-refractivity contribution is 7.13. The predicted octanol–water partition coefficient (Wildman–Crippen LogP) is 2.95. The number of rotatable bonds is 3. The first-order chi connectivity index (χ1) is 12.2. The van der Waals surface area contributed by atoms with Gasteiger partial charge >= 0.3 is 0 Å². The standard InChI is InChI=1S/C19H17N3O2S/c23-18-11-15(17-8-4-10-25-17)20-13-21(18)12-19(24)22-9-3-6-14-5-1-2-7-16(14)22/h1-2,4-5,7-8,10-11,13H,3,6,9,12H2. The van der Waals surface area contributed by atoms with Crippen LogP contribution in [0.3, 0.4) is 0 Å². The van der Waals surface area contributed by atoms with E-state index < -0.39 is 0 Å². The fourth-order valence-corrected chi connectivity index (χ4v) is 3.82. The maximum atomic E-state index is 12.7. The minimum absolute atomic E-state index is 0.00485. The number of hydrogen-bond acceptors (Lipinski definition) is 4. The van der Waals surface area contributed by atoms with Gasteiger partial charge in [-0.05, 0) is 35.9 Å². The van der Waals surface area contributed by atoms with Crippen molar-refractivity contribution in [3.63, 3.8) is 0 Å². The fourth-order valence-electron chi connectivity index (χ4n) is 3.13. The molecule has 6 heteroatoms. The number of anilines is 1. The van der Waals surface area contributed by atoms with E-state index in [1.165, 1.54) is 33.9 Å². The van der Waals surface area contributed by atoms with Crippen LogP contribution in [0.4, 0.5) is 5.69 Å². The smallest absolute Gasteiger partial charge is 0.254 e. The Morgan fingerprint density at radius 1 is 1.20 bits per heavy atom. The van der Waals surface area contributed by atoms with Crippen LogP contribution in [0.2, 0.25) is 0 Å². The van der Waals surface area contributed by atoms with E-state index in [-0.39, 0.29) is 18.0 Å². The van der Waals surface area contributed by atoms with Gasteiger partial charge in [-0.3, -0.25) is 14.2 Å². The molecule has 0 spiro atoms. The largest absolute Gasteiger partial charge is 0.311 e. The maximum Gasteiger partial charge on any atom is 0.254 e. The zero-order chi connectivity index (χ0) is 17.2. The number of para-hydroxylation sites is 1. The molecule has 1 aliphatic rings. The summed E-state index contributed by atoms with van der Waals surface area (Å²) in [6.45, 7) is 0.691. The van der Waals surface area contributed by atoms with Crippen molar-refractivity contribution in [2.75, 3.05) is 11.4 Å². The first kappa shape index (κ1) is 15.8. The molecule has 0 saturated carbocycles. The lowest BCUT2D eigenvalue weighted by Gasteiger charge is -2.29. The number of fused-ring (bicyclic) bond motifs is 1. The van der Waals surface area contributed by atoms with Gasteiger partial charge in [0.25, 0.3) is 5.56 Å². The van der Waals surface area contributed by atoms with Crippen molar-refractivity contribution >= 4 is 22.9 Å². The summed E-state index contributed by atoms with van der Waals surface area (Å²) in [5.74, 6) is -0.0834. The highest BCUT2D eigenvalue weighted by Crippen LogP contribution is 2.27. The predicted molar refractivity (Wildman–Crippen MR) is 98.9 cm³/mol. The molecule has 0 unspecified atom stereocenters. The van der Waals surface area contributed by atoms with Crippen LogP contribution in [-0.2, 0) is 17.8 Å². The maximum absolute atomic E-state index is 12.7. The lowest BCUT2D eigenvalue weighted by Crippen LogP contribution is -2.39. The second kappa shape index (κ2) is 6.64. The van der Waals surface area contributed by atoms with E-state index in [9.17, 15) is 9.59 Å². The van der Waals surface area contributed by atoms with E-state index in [0.29, 0.717) is 12.2 Å². The summed E-state index contributed by atoms with van der Waals surface area (Å²) < 4.78 is 1.37. The van der Waals surface area contributed by atoms with Crippen molar-refractivity contribution in [1.29, 1.82) is 0 Å². The Bertz CT molecular complexity index is 963. The van der Waals surface area contributed by atoms with E-state index in [2.05, 4.69) is 11.1 Å². The Kier molecular flexibility index (Phi) is 4.19. The van der Waals surface area contributed by atoms with E-state index in [0.717, 1.165) is 23.4 Å². The molecule has 1 aromatic carbocycles. The van der Waals surface area contributed by atoms with Crippen molar-refractivity contribution in [2.24, 2.45) is 0 Å². The Balaban J connectivity index is 1.57. The topological polar surface area (TPSA) is 55.2 Å². The monoisotopic (exact) mass is 351 g/mol. The van der Waals surface area contributed by atoms with Crippen LogP contribution in [0, 0.1) is 0 Å². The summed E-state index contributed by atoms with van der Waals surface area (Å²) in [5.41, 5.74) is 2.57. The number of benzene rings is 1. The second-order valence-corrected chi connectivity index (χ2v) is 6.94. The Hall–Kier alpha value is -2.73. The molecule has 0 aliphatic carbocycles. The zero-order valence-electron chi connectivity index (χ0n) is 13.6. The van der Waals surface area contributed by atoms with Crippen molar-refractivity contribution in [2.45, 2.75) is 19.4 Å². The summed E-state index contributed by atoms with van der Waals surface area (Å²) in [6, 6.07) is 13.3. The van der Waals surface area contributed by atoms with Crippen molar-refractivity contribution in [3.8, 4) is 10.6 Å². The number of carbonyl (C=O) groups is 1. The average molecular weight is 351 g/mol. The molecule has 1 amide bonds. The zero-order valence-corrected chi connectivity index (χ0v) is 14.4. The molecule has 5 nitrogen and oxygen atoms in total. The average Bonchev–Trinajstić information content (AvgIpc) is 3.17. The molecule has 0 N–H and O–H groups in total. The lowest BCUT2D eigenvalue weighted by molar-refractivity contribution is -0.119. The highest BCUT2D eigenvalue weighted by Gasteiger charge is 2.22. The molecule has 126 valence electrons. The van der Waals surface area contributed by atoms with E-state index in [4.69, 9.17) is 0 Å². The van der Waals surface area contributed by atoms with Crippen LogP contribution < -0.4 is 10.5 Å². The van der Waals surface area contributed by atoms with Crippen molar-refractivity contribution in [1.82, 2.24) is 9.55 Å². The molecule has 0 fully saturated rings. The quantitative estimate of drug-likeness (QED) is 0.729. The van der Waals surface area contributed by atoms with Crippen LogP contribution in [0.1, 0.15) is 12.0 Å². The number of carbonyl (C=O) groups excluding carboxylic acids is 1. The summed E-state index contributed by atoms with van der Waals surface area (Å²) >= 11 is 1.53. The van der Waals surface area contributed by atoms with Crippen LogP contribution in [0.25, 0.3) is 10.6 Å². The summed E-state index contributed by atoms with van der Waals surface area (Å²) in [5, 5.41) is 1.94. The van der Waals surface area contributed by atoms with E-state index in [1.54, 1.807) is 4.90 Å². The third-order valence-electron chi connectivity index (χ3n) is 4.37. The number of aryl methyl sites for hydroxylation is 1. The summed E-state index contributed by atoms with van der Waals surface area (Å²) in [4.78, 5) is 32.1. The van der Waals surface area contributed by atoms with Gasteiger partial charge in [-0.25, -0.2) is 4.98 Å². The van der Waals surface area contributed by atoms with Gasteiger partial charge in [0.05, 0.1) is 16.9 Å². The van der Waals surface area contributed by atoms with E-state index in [1.807, 2.05) is 35.7 Å². The van der Waals surface area contributed by atoms with Gasteiger partial charge in [0, 0.05) is 18.3 Å².